The highest BCUT2D eigenvalue weighted by atomic mass is 16.5. The number of rotatable bonds is 3. The molecule has 5 nitrogen and oxygen atoms in total. The zero-order valence-electron chi connectivity index (χ0n) is 12.6. The van der Waals surface area contributed by atoms with Crippen molar-refractivity contribution in [2.45, 2.75) is 6.42 Å². The summed E-state index contributed by atoms with van der Waals surface area (Å²) in [5.74, 6) is 1.13. The molecule has 1 aliphatic rings. The van der Waals surface area contributed by atoms with E-state index in [0.29, 0.717) is 18.8 Å². The average molecular weight is 307 g/mol. The monoisotopic (exact) mass is 307 g/mol. The minimum Gasteiger partial charge on any atom is -0.493 e. The van der Waals surface area contributed by atoms with Crippen molar-refractivity contribution in [1.29, 1.82) is 0 Å². The summed E-state index contributed by atoms with van der Waals surface area (Å²) in [7, 11) is 0. The summed E-state index contributed by atoms with van der Waals surface area (Å²) in [4.78, 5) is 16.6. The largest absolute Gasteiger partial charge is 0.493 e. The summed E-state index contributed by atoms with van der Waals surface area (Å²) >= 11 is 0. The number of ether oxygens (including phenoxy) is 1. The molecule has 23 heavy (non-hydrogen) atoms. The normalized spacial score (nSPS) is 16.6. The van der Waals surface area contributed by atoms with E-state index in [1.807, 2.05) is 42.6 Å². The predicted octanol–water partition coefficient (Wildman–Crippen LogP) is 2.32. The Hall–Kier alpha value is -2.82. The van der Waals surface area contributed by atoms with Crippen molar-refractivity contribution in [3.63, 3.8) is 0 Å². The third-order valence-corrected chi connectivity index (χ3v) is 4.16. The van der Waals surface area contributed by atoms with Crippen molar-refractivity contribution in [2.24, 2.45) is 5.92 Å². The number of carbonyl (C=O) groups is 1. The third-order valence-electron chi connectivity index (χ3n) is 4.16. The number of hydrogen-bond donors (Lipinski definition) is 1. The Balaban J connectivity index is 1.43. The smallest absolute Gasteiger partial charge is 0.269 e. The SMILES string of the molecule is O=C(NCC1COc2ccccc2C1)c1cnc2ccccn12. The van der Waals surface area contributed by atoms with Gasteiger partial charge in [0.1, 0.15) is 17.1 Å². The number of nitrogens with zero attached hydrogens (tertiary/aromatic N) is 2. The second kappa shape index (κ2) is 5.76. The molecule has 0 spiro atoms. The first-order valence-electron chi connectivity index (χ1n) is 7.72. The van der Waals surface area contributed by atoms with E-state index >= 15 is 0 Å². The molecule has 1 aromatic carbocycles. The first-order chi connectivity index (χ1) is 11.3. The number of benzene rings is 1. The minimum atomic E-state index is -0.109. The van der Waals surface area contributed by atoms with E-state index in [9.17, 15) is 4.79 Å². The van der Waals surface area contributed by atoms with Crippen LogP contribution in [0.25, 0.3) is 5.65 Å². The highest BCUT2D eigenvalue weighted by Gasteiger charge is 2.21. The number of amides is 1. The van der Waals surface area contributed by atoms with Crippen molar-refractivity contribution in [3.05, 3.63) is 66.1 Å². The van der Waals surface area contributed by atoms with Gasteiger partial charge in [-0.15, -0.1) is 0 Å². The summed E-state index contributed by atoms with van der Waals surface area (Å²) in [6, 6.07) is 13.7. The number of imidazole rings is 1. The van der Waals surface area contributed by atoms with Crippen LogP contribution in [0, 0.1) is 5.92 Å². The molecule has 1 atom stereocenters. The summed E-state index contributed by atoms with van der Waals surface area (Å²) in [6.45, 7) is 1.22. The first-order valence-corrected chi connectivity index (χ1v) is 7.72. The quantitative estimate of drug-likeness (QED) is 0.808. The van der Waals surface area contributed by atoms with Crippen LogP contribution < -0.4 is 10.1 Å². The molecule has 0 aliphatic carbocycles. The van der Waals surface area contributed by atoms with Gasteiger partial charge in [0.25, 0.3) is 5.91 Å². The van der Waals surface area contributed by atoms with E-state index in [1.165, 1.54) is 5.56 Å². The fourth-order valence-corrected chi connectivity index (χ4v) is 2.95. The Kier molecular flexibility index (Phi) is 3.46. The van der Waals surface area contributed by atoms with Crippen LogP contribution in [0.15, 0.2) is 54.9 Å². The van der Waals surface area contributed by atoms with Crippen LogP contribution >= 0.6 is 0 Å². The predicted molar refractivity (Wildman–Crippen MR) is 86.7 cm³/mol. The molecule has 1 unspecified atom stereocenters. The van der Waals surface area contributed by atoms with Gasteiger partial charge < -0.3 is 10.1 Å². The first kappa shape index (κ1) is 13.8. The topological polar surface area (TPSA) is 55.6 Å². The van der Waals surface area contributed by atoms with Crippen molar-refractivity contribution in [2.75, 3.05) is 13.2 Å². The zero-order chi connectivity index (χ0) is 15.6. The van der Waals surface area contributed by atoms with E-state index < -0.39 is 0 Å². The van der Waals surface area contributed by atoms with E-state index in [1.54, 1.807) is 10.6 Å². The van der Waals surface area contributed by atoms with E-state index in [4.69, 9.17) is 4.74 Å². The van der Waals surface area contributed by atoms with Crippen LogP contribution in [-0.4, -0.2) is 28.4 Å². The van der Waals surface area contributed by atoms with E-state index in [0.717, 1.165) is 17.8 Å². The Labute approximate surface area is 133 Å². The summed E-state index contributed by atoms with van der Waals surface area (Å²) in [5, 5.41) is 3.00. The molecule has 0 fully saturated rings. The van der Waals surface area contributed by atoms with Gasteiger partial charge in [-0.2, -0.15) is 0 Å². The Morgan fingerprint density at radius 3 is 3.09 bits per heavy atom. The number of fused-ring (bicyclic) bond motifs is 2. The molecule has 0 radical (unpaired) electrons. The van der Waals surface area contributed by atoms with Gasteiger partial charge in [0, 0.05) is 18.7 Å². The second-order valence-corrected chi connectivity index (χ2v) is 5.77. The van der Waals surface area contributed by atoms with Crippen molar-refractivity contribution >= 4 is 11.6 Å². The lowest BCUT2D eigenvalue weighted by Gasteiger charge is -2.25. The third kappa shape index (κ3) is 2.65. The highest BCUT2D eigenvalue weighted by Crippen LogP contribution is 2.26. The molecule has 0 bridgehead atoms. The molecule has 3 aromatic rings. The van der Waals surface area contributed by atoms with Crippen LogP contribution in [0.5, 0.6) is 5.75 Å². The van der Waals surface area contributed by atoms with Gasteiger partial charge >= 0.3 is 0 Å². The van der Waals surface area contributed by atoms with E-state index in [2.05, 4.69) is 16.4 Å². The lowest BCUT2D eigenvalue weighted by atomic mass is 9.97. The molecule has 116 valence electrons. The molecule has 4 rings (SSSR count). The molecule has 0 saturated carbocycles. The van der Waals surface area contributed by atoms with E-state index in [-0.39, 0.29) is 11.8 Å². The molecule has 0 saturated heterocycles. The number of nitrogens with one attached hydrogen (secondary N) is 1. The number of para-hydroxylation sites is 1. The molecule has 1 aliphatic heterocycles. The van der Waals surface area contributed by atoms with Gasteiger partial charge in [-0.3, -0.25) is 9.20 Å². The van der Waals surface area contributed by atoms with Gasteiger partial charge in [-0.05, 0) is 30.2 Å². The Morgan fingerprint density at radius 1 is 1.26 bits per heavy atom. The minimum absolute atomic E-state index is 0.109. The summed E-state index contributed by atoms with van der Waals surface area (Å²) in [6.07, 6.45) is 4.37. The molecule has 5 heteroatoms. The molecule has 3 heterocycles. The maximum absolute atomic E-state index is 12.4. The van der Waals surface area contributed by atoms with Gasteiger partial charge in [0.05, 0.1) is 12.8 Å². The molecular weight excluding hydrogens is 290 g/mol. The standard InChI is InChI=1S/C18H17N3O2/c22-18(15-11-19-17-7-3-4-8-21(15)17)20-10-13-9-14-5-1-2-6-16(14)23-12-13/h1-8,11,13H,9-10,12H2,(H,20,22). The van der Waals surface area contributed by atoms with Gasteiger partial charge in [0.2, 0.25) is 0 Å². The molecule has 1 amide bonds. The van der Waals surface area contributed by atoms with Crippen LogP contribution in [0.3, 0.4) is 0 Å². The maximum Gasteiger partial charge on any atom is 0.269 e. The van der Waals surface area contributed by atoms with Gasteiger partial charge in [-0.25, -0.2) is 4.98 Å². The molecular formula is C18H17N3O2. The number of aromatic nitrogens is 2. The Morgan fingerprint density at radius 2 is 2.13 bits per heavy atom. The Bertz CT molecular complexity index is 856. The van der Waals surface area contributed by atoms with Crippen molar-refractivity contribution in [1.82, 2.24) is 14.7 Å². The molecule has 2 aromatic heterocycles. The average Bonchev–Trinajstić information content (AvgIpc) is 3.03. The number of hydrogen-bond acceptors (Lipinski definition) is 3. The van der Waals surface area contributed by atoms with Crippen molar-refractivity contribution in [3.8, 4) is 5.75 Å². The fraction of sp³-hybridized carbons (Fsp3) is 0.222. The lowest BCUT2D eigenvalue weighted by Crippen LogP contribution is -2.35. The van der Waals surface area contributed by atoms with Crippen molar-refractivity contribution < 1.29 is 9.53 Å². The number of carbonyl (C=O) groups excluding carboxylic acids is 1. The second-order valence-electron chi connectivity index (χ2n) is 5.77. The van der Waals surface area contributed by atoms with Crippen LogP contribution in [-0.2, 0) is 6.42 Å². The highest BCUT2D eigenvalue weighted by molar-refractivity contribution is 5.93. The number of pyridine rings is 1. The lowest BCUT2D eigenvalue weighted by molar-refractivity contribution is 0.0933. The summed E-state index contributed by atoms with van der Waals surface area (Å²) in [5.41, 5.74) is 2.53. The fourth-order valence-electron chi connectivity index (χ4n) is 2.95. The van der Waals surface area contributed by atoms with Crippen LogP contribution in [0.1, 0.15) is 16.1 Å². The van der Waals surface area contributed by atoms with Crippen LogP contribution in [0.4, 0.5) is 0 Å². The zero-order valence-corrected chi connectivity index (χ0v) is 12.6. The van der Waals surface area contributed by atoms with Gasteiger partial charge in [0.15, 0.2) is 0 Å². The molecule has 1 N–H and O–H groups in total. The maximum atomic E-state index is 12.4. The van der Waals surface area contributed by atoms with Crippen LogP contribution in [0.2, 0.25) is 0 Å². The summed E-state index contributed by atoms with van der Waals surface area (Å²) < 4.78 is 7.55. The van der Waals surface area contributed by atoms with Gasteiger partial charge in [-0.1, -0.05) is 24.3 Å².